The van der Waals surface area contributed by atoms with Crippen molar-refractivity contribution in [2.75, 3.05) is 18.1 Å². The van der Waals surface area contributed by atoms with Gasteiger partial charge in [-0.25, -0.2) is 15.0 Å². The summed E-state index contributed by atoms with van der Waals surface area (Å²) in [5.41, 5.74) is 0. The summed E-state index contributed by atoms with van der Waals surface area (Å²) in [6.45, 7) is 3.05. The molecule has 7 heteroatoms. The Kier molecular flexibility index (Phi) is 5.09. The monoisotopic (exact) mass is 295 g/mol. The van der Waals surface area contributed by atoms with Gasteiger partial charge in [0.25, 0.3) is 0 Å². The summed E-state index contributed by atoms with van der Waals surface area (Å²) in [6.07, 6.45) is 6.76. The molecule has 5 nitrogen and oxygen atoms in total. The van der Waals surface area contributed by atoms with Crippen molar-refractivity contribution in [2.24, 2.45) is 7.05 Å². The van der Waals surface area contributed by atoms with Gasteiger partial charge in [0.2, 0.25) is 0 Å². The highest BCUT2D eigenvalue weighted by atomic mass is 32.2. The van der Waals surface area contributed by atoms with E-state index < -0.39 is 0 Å². The van der Waals surface area contributed by atoms with Crippen molar-refractivity contribution in [2.45, 2.75) is 28.7 Å². The largest absolute Gasteiger partial charge is 0.370 e. The topological polar surface area (TPSA) is 55.6 Å². The van der Waals surface area contributed by atoms with Gasteiger partial charge in [0.05, 0.1) is 0 Å². The Bertz CT molecular complexity index is 541. The van der Waals surface area contributed by atoms with E-state index in [2.05, 4.69) is 27.2 Å². The van der Waals surface area contributed by atoms with E-state index in [4.69, 9.17) is 0 Å². The molecule has 2 aromatic heterocycles. The van der Waals surface area contributed by atoms with Gasteiger partial charge >= 0.3 is 0 Å². The molecule has 0 spiro atoms. The Morgan fingerprint density at radius 1 is 1.37 bits per heavy atom. The second-order valence-corrected chi connectivity index (χ2v) is 5.69. The van der Waals surface area contributed by atoms with Crippen LogP contribution in [0.1, 0.15) is 13.3 Å². The molecule has 0 aliphatic heterocycles. The SMILES string of the molecule is CCCNc1cc(Sc2nccn2C)nc(SC)n1. The van der Waals surface area contributed by atoms with Crippen LogP contribution in [0.15, 0.2) is 33.8 Å². The van der Waals surface area contributed by atoms with Crippen LogP contribution < -0.4 is 5.32 Å². The number of nitrogens with zero attached hydrogens (tertiary/aromatic N) is 4. The maximum Gasteiger partial charge on any atom is 0.190 e. The predicted octanol–water partition coefficient (Wildman–Crippen LogP) is 2.91. The zero-order chi connectivity index (χ0) is 13.7. The summed E-state index contributed by atoms with van der Waals surface area (Å²) in [6, 6.07) is 1.97. The van der Waals surface area contributed by atoms with Crippen molar-refractivity contribution >= 4 is 29.3 Å². The normalized spacial score (nSPS) is 10.7. The van der Waals surface area contributed by atoms with E-state index in [9.17, 15) is 0 Å². The Morgan fingerprint density at radius 3 is 2.84 bits per heavy atom. The second kappa shape index (κ2) is 6.81. The smallest absolute Gasteiger partial charge is 0.190 e. The summed E-state index contributed by atoms with van der Waals surface area (Å²) < 4.78 is 1.98. The van der Waals surface area contributed by atoms with E-state index in [1.54, 1.807) is 29.7 Å². The van der Waals surface area contributed by atoms with E-state index in [0.717, 1.165) is 34.1 Å². The van der Waals surface area contributed by atoms with Crippen LogP contribution in [0, 0.1) is 0 Å². The molecule has 2 heterocycles. The standard InChI is InChI=1S/C12H17N5S2/c1-4-5-13-9-8-10(16-11(15-9)18-3)19-12-14-6-7-17(12)2/h6-8H,4-5H2,1-3H3,(H,13,15,16). The summed E-state index contributed by atoms with van der Waals surface area (Å²) >= 11 is 3.09. The molecular formula is C12H17N5S2. The van der Waals surface area contributed by atoms with Gasteiger partial charge in [-0.05, 0) is 24.4 Å². The first-order chi connectivity index (χ1) is 9.22. The molecule has 0 bridgehead atoms. The van der Waals surface area contributed by atoms with Gasteiger partial charge < -0.3 is 9.88 Å². The van der Waals surface area contributed by atoms with Crippen LogP contribution >= 0.6 is 23.5 Å². The molecule has 0 aromatic carbocycles. The first-order valence-corrected chi connectivity index (χ1v) is 8.09. The van der Waals surface area contributed by atoms with Crippen LogP contribution in [-0.2, 0) is 7.05 Å². The Labute approximate surface area is 121 Å². The molecule has 0 fully saturated rings. The summed E-state index contributed by atoms with van der Waals surface area (Å²) in [5, 5.41) is 5.91. The van der Waals surface area contributed by atoms with Crippen LogP contribution in [0.4, 0.5) is 5.82 Å². The molecule has 0 saturated carbocycles. The van der Waals surface area contributed by atoms with Crippen molar-refractivity contribution in [1.82, 2.24) is 19.5 Å². The highest BCUT2D eigenvalue weighted by molar-refractivity contribution is 7.99. The number of rotatable bonds is 6. The van der Waals surface area contributed by atoms with Crippen LogP contribution in [0.2, 0.25) is 0 Å². The molecule has 1 N–H and O–H groups in total. The number of nitrogens with one attached hydrogen (secondary N) is 1. The Balaban J connectivity index is 2.21. The molecule has 2 aromatic rings. The Hall–Kier alpha value is -1.21. The van der Waals surface area contributed by atoms with E-state index >= 15 is 0 Å². The minimum atomic E-state index is 0.776. The molecule has 0 atom stereocenters. The van der Waals surface area contributed by atoms with Crippen LogP contribution in [0.5, 0.6) is 0 Å². The predicted molar refractivity (Wildman–Crippen MR) is 79.9 cm³/mol. The summed E-state index contributed by atoms with van der Waals surface area (Å²) in [5.74, 6) is 0.873. The van der Waals surface area contributed by atoms with Gasteiger partial charge in [-0.1, -0.05) is 18.7 Å². The lowest BCUT2D eigenvalue weighted by Crippen LogP contribution is -2.04. The molecule has 102 valence electrons. The average molecular weight is 295 g/mol. The fourth-order valence-electron chi connectivity index (χ4n) is 1.43. The quantitative estimate of drug-likeness (QED) is 0.502. The molecule has 0 aliphatic carbocycles. The molecule has 19 heavy (non-hydrogen) atoms. The maximum absolute atomic E-state index is 4.50. The van der Waals surface area contributed by atoms with Crippen LogP contribution in [0.3, 0.4) is 0 Å². The van der Waals surface area contributed by atoms with E-state index in [1.165, 1.54) is 0 Å². The van der Waals surface area contributed by atoms with E-state index in [-0.39, 0.29) is 0 Å². The average Bonchev–Trinajstić information content (AvgIpc) is 2.81. The van der Waals surface area contributed by atoms with Gasteiger partial charge in [-0.2, -0.15) is 0 Å². The fourth-order valence-corrected chi connectivity index (χ4v) is 2.68. The van der Waals surface area contributed by atoms with Crippen molar-refractivity contribution in [3.05, 3.63) is 18.5 Å². The van der Waals surface area contributed by atoms with Gasteiger partial charge in [0.15, 0.2) is 10.3 Å². The number of hydrogen-bond acceptors (Lipinski definition) is 6. The molecule has 0 amide bonds. The van der Waals surface area contributed by atoms with Gasteiger partial charge in [0.1, 0.15) is 10.8 Å². The maximum atomic E-state index is 4.50. The number of hydrogen-bond donors (Lipinski definition) is 1. The third-order valence-corrected chi connectivity index (χ3v) is 3.94. The highest BCUT2D eigenvalue weighted by Gasteiger charge is 2.08. The van der Waals surface area contributed by atoms with Crippen LogP contribution in [0.25, 0.3) is 0 Å². The molecular weight excluding hydrogens is 278 g/mol. The Morgan fingerprint density at radius 2 is 2.21 bits per heavy atom. The van der Waals surface area contributed by atoms with Crippen molar-refractivity contribution in [3.63, 3.8) is 0 Å². The molecule has 0 unspecified atom stereocenters. The molecule has 2 rings (SSSR count). The molecule has 0 radical (unpaired) electrons. The summed E-state index contributed by atoms with van der Waals surface area (Å²) in [4.78, 5) is 13.2. The highest BCUT2D eigenvalue weighted by Crippen LogP contribution is 2.27. The third-order valence-electron chi connectivity index (χ3n) is 2.39. The van der Waals surface area contributed by atoms with Crippen LogP contribution in [-0.4, -0.2) is 32.3 Å². The number of thioether (sulfide) groups is 1. The lowest BCUT2D eigenvalue weighted by atomic mass is 10.4. The minimum absolute atomic E-state index is 0.776. The van der Waals surface area contributed by atoms with Gasteiger partial charge in [0, 0.05) is 32.1 Å². The van der Waals surface area contributed by atoms with Gasteiger partial charge in [-0.15, -0.1) is 0 Å². The number of anilines is 1. The first kappa shape index (κ1) is 14.2. The number of aryl methyl sites for hydroxylation is 1. The lowest BCUT2D eigenvalue weighted by Gasteiger charge is -2.08. The zero-order valence-corrected chi connectivity index (χ0v) is 12.9. The van der Waals surface area contributed by atoms with Gasteiger partial charge in [-0.3, -0.25) is 0 Å². The van der Waals surface area contributed by atoms with E-state index in [1.807, 2.05) is 30.1 Å². The number of imidazole rings is 1. The summed E-state index contributed by atoms with van der Waals surface area (Å²) in [7, 11) is 1.97. The van der Waals surface area contributed by atoms with Crippen molar-refractivity contribution < 1.29 is 0 Å². The van der Waals surface area contributed by atoms with Crippen molar-refractivity contribution in [1.29, 1.82) is 0 Å². The van der Waals surface area contributed by atoms with Crippen molar-refractivity contribution in [3.8, 4) is 0 Å². The fraction of sp³-hybridized carbons (Fsp3) is 0.417. The number of aromatic nitrogens is 4. The lowest BCUT2D eigenvalue weighted by molar-refractivity contribution is 0.785. The molecule has 0 aliphatic rings. The second-order valence-electron chi connectivity index (χ2n) is 3.93. The van der Waals surface area contributed by atoms with E-state index in [0.29, 0.717) is 0 Å². The minimum Gasteiger partial charge on any atom is -0.370 e. The molecule has 0 saturated heterocycles. The zero-order valence-electron chi connectivity index (χ0n) is 11.3. The first-order valence-electron chi connectivity index (χ1n) is 6.05. The third kappa shape index (κ3) is 3.87.